The lowest BCUT2D eigenvalue weighted by Gasteiger charge is -2.18. The number of hydrogen-bond donors (Lipinski definition) is 1. The number of pyridine rings is 1. The van der Waals surface area contributed by atoms with Gasteiger partial charge in [0, 0.05) is 17.6 Å². The number of rotatable bonds is 4. The molecule has 21 heavy (non-hydrogen) atoms. The minimum absolute atomic E-state index is 0.461. The van der Waals surface area contributed by atoms with E-state index in [9.17, 15) is 31.1 Å². The summed E-state index contributed by atoms with van der Waals surface area (Å²) in [5.41, 5.74) is -3.46. The third-order valence-corrected chi connectivity index (χ3v) is 2.47. The first-order valence-electron chi connectivity index (χ1n) is 5.07. The maximum Gasteiger partial charge on any atom is 0.574 e. The molecule has 1 heterocycles. The predicted octanol–water partition coefficient (Wildman–Crippen LogP) is 3.36. The van der Waals surface area contributed by atoms with Crippen molar-refractivity contribution >= 4 is 17.6 Å². The summed E-state index contributed by atoms with van der Waals surface area (Å²) in [4.78, 5) is 13.7. The fourth-order valence-electron chi connectivity index (χ4n) is 1.55. The topological polar surface area (TPSA) is 59.4 Å². The smallest absolute Gasteiger partial charge is 0.481 e. The lowest BCUT2D eigenvalue weighted by Crippen LogP contribution is -2.23. The van der Waals surface area contributed by atoms with E-state index in [1.54, 1.807) is 0 Å². The van der Waals surface area contributed by atoms with E-state index in [1.165, 1.54) is 0 Å². The molecule has 0 saturated carbocycles. The van der Waals surface area contributed by atoms with Gasteiger partial charge in [0.25, 0.3) is 0 Å². The van der Waals surface area contributed by atoms with E-state index in [2.05, 4.69) is 9.72 Å². The first-order valence-corrected chi connectivity index (χ1v) is 5.60. The van der Waals surface area contributed by atoms with E-state index >= 15 is 0 Å². The second-order valence-electron chi connectivity index (χ2n) is 3.69. The Morgan fingerprint density at radius 3 is 2.24 bits per heavy atom. The zero-order valence-electron chi connectivity index (χ0n) is 9.85. The number of halogens is 7. The summed E-state index contributed by atoms with van der Waals surface area (Å²) in [5.74, 6) is -3.95. The second kappa shape index (κ2) is 5.96. The van der Waals surface area contributed by atoms with E-state index in [0.29, 0.717) is 6.20 Å². The van der Waals surface area contributed by atoms with Crippen molar-refractivity contribution in [3.8, 4) is 5.88 Å². The molecule has 0 atom stereocenters. The molecule has 0 aliphatic rings. The SMILES string of the molecule is O=C(O)Cc1c(OC(F)(F)F)ncc(CCl)c1C(F)(F)F. The van der Waals surface area contributed by atoms with Crippen molar-refractivity contribution in [3.05, 3.63) is 22.9 Å². The number of ether oxygens (including phenoxy) is 1. The summed E-state index contributed by atoms with van der Waals surface area (Å²) in [7, 11) is 0. The van der Waals surface area contributed by atoms with Gasteiger partial charge in [-0.15, -0.1) is 24.8 Å². The van der Waals surface area contributed by atoms with Gasteiger partial charge < -0.3 is 9.84 Å². The maximum absolute atomic E-state index is 12.9. The number of alkyl halides is 7. The van der Waals surface area contributed by atoms with Crippen molar-refractivity contribution in [1.29, 1.82) is 0 Å². The van der Waals surface area contributed by atoms with E-state index in [1.807, 2.05) is 0 Å². The van der Waals surface area contributed by atoms with Crippen LogP contribution in [-0.2, 0) is 23.3 Å². The first kappa shape index (κ1) is 17.3. The summed E-state index contributed by atoms with van der Waals surface area (Å²) < 4.78 is 78.6. The largest absolute Gasteiger partial charge is 0.574 e. The van der Waals surface area contributed by atoms with Crippen molar-refractivity contribution in [2.75, 3.05) is 0 Å². The molecule has 1 aromatic heterocycles. The van der Waals surface area contributed by atoms with Gasteiger partial charge in [0.05, 0.1) is 12.0 Å². The van der Waals surface area contributed by atoms with Crippen LogP contribution in [0.15, 0.2) is 6.20 Å². The molecule has 0 aliphatic carbocycles. The molecule has 0 unspecified atom stereocenters. The highest BCUT2D eigenvalue weighted by atomic mass is 35.5. The summed E-state index contributed by atoms with van der Waals surface area (Å²) in [6.07, 6.45) is -11.3. The Balaban J connectivity index is 3.56. The number of carbonyl (C=O) groups is 1. The molecule has 1 N–H and O–H groups in total. The van der Waals surface area contributed by atoms with Crippen LogP contribution in [0.2, 0.25) is 0 Å². The van der Waals surface area contributed by atoms with Crippen LogP contribution in [0.25, 0.3) is 0 Å². The third kappa shape index (κ3) is 4.66. The van der Waals surface area contributed by atoms with Gasteiger partial charge in [-0.1, -0.05) is 0 Å². The highest BCUT2D eigenvalue weighted by Crippen LogP contribution is 2.39. The monoisotopic (exact) mass is 337 g/mol. The van der Waals surface area contributed by atoms with Gasteiger partial charge in [-0.3, -0.25) is 4.79 Å². The molecular weight excluding hydrogens is 332 g/mol. The van der Waals surface area contributed by atoms with Gasteiger partial charge in [0.1, 0.15) is 0 Å². The van der Waals surface area contributed by atoms with E-state index in [0.717, 1.165) is 0 Å². The standard InChI is InChI=1S/C10H6ClF6NO3/c11-2-4-3-18-8(21-10(15,16)17)5(1-6(19)20)7(4)9(12,13)14/h3H,1-2H2,(H,19,20). The highest BCUT2D eigenvalue weighted by molar-refractivity contribution is 6.17. The fourth-order valence-corrected chi connectivity index (χ4v) is 1.75. The van der Waals surface area contributed by atoms with Crippen LogP contribution in [0, 0.1) is 0 Å². The average molecular weight is 338 g/mol. The van der Waals surface area contributed by atoms with E-state index < -0.39 is 53.4 Å². The van der Waals surface area contributed by atoms with Crippen molar-refractivity contribution in [1.82, 2.24) is 4.98 Å². The molecule has 0 radical (unpaired) electrons. The quantitative estimate of drug-likeness (QED) is 0.676. The van der Waals surface area contributed by atoms with Gasteiger partial charge in [0.2, 0.25) is 5.88 Å². The number of hydrogen-bond acceptors (Lipinski definition) is 3. The molecule has 0 aliphatic heterocycles. The van der Waals surface area contributed by atoms with Gasteiger partial charge in [-0.2, -0.15) is 13.2 Å². The summed E-state index contributed by atoms with van der Waals surface area (Å²) in [6, 6.07) is 0. The van der Waals surface area contributed by atoms with Crippen molar-refractivity contribution in [2.24, 2.45) is 0 Å². The molecule has 11 heteroatoms. The van der Waals surface area contributed by atoms with Crippen LogP contribution < -0.4 is 4.74 Å². The minimum atomic E-state index is -5.31. The number of aliphatic carboxylic acids is 1. The number of carboxylic acid groups (broad SMARTS) is 1. The van der Waals surface area contributed by atoms with Gasteiger partial charge >= 0.3 is 18.5 Å². The Hall–Kier alpha value is -1.71. The minimum Gasteiger partial charge on any atom is -0.481 e. The van der Waals surface area contributed by atoms with Gasteiger partial charge in [-0.25, -0.2) is 4.98 Å². The summed E-state index contributed by atoms with van der Waals surface area (Å²) in [6.45, 7) is 0. The number of carboxylic acids is 1. The Morgan fingerprint density at radius 1 is 1.29 bits per heavy atom. The molecule has 0 amide bonds. The van der Waals surface area contributed by atoms with Crippen molar-refractivity contribution in [2.45, 2.75) is 24.8 Å². The number of nitrogens with zero attached hydrogens (tertiary/aromatic N) is 1. The first-order chi connectivity index (χ1) is 9.45. The van der Waals surface area contributed by atoms with Crippen LogP contribution in [-0.4, -0.2) is 22.4 Å². The Morgan fingerprint density at radius 2 is 1.86 bits per heavy atom. The average Bonchev–Trinajstić information content (AvgIpc) is 2.26. The molecule has 118 valence electrons. The molecule has 0 aromatic carbocycles. The molecular formula is C10H6ClF6NO3. The maximum atomic E-state index is 12.9. The van der Waals surface area contributed by atoms with Gasteiger partial charge in [0.15, 0.2) is 0 Å². The van der Waals surface area contributed by atoms with Crippen LogP contribution in [0.5, 0.6) is 5.88 Å². The lowest BCUT2D eigenvalue weighted by atomic mass is 10.0. The lowest BCUT2D eigenvalue weighted by molar-refractivity contribution is -0.276. The molecule has 0 spiro atoms. The number of aromatic nitrogens is 1. The summed E-state index contributed by atoms with van der Waals surface area (Å²) >= 11 is 5.28. The zero-order chi connectivity index (χ0) is 16.4. The molecule has 0 fully saturated rings. The van der Waals surface area contributed by atoms with Crippen molar-refractivity contribution in [3.63, 3.8) is 0 Å². The molecule has 0 saturated heterocycles. The molecule has 1 aromatic rings. The zero-order valence-corrected chi connectivity index (χ0v) is 10.6. The fraction of sp³-hybridized carbons (Fsp3) is 0.400. The van der Waals surface area contributed by atoms with Crippen LogP contribution in [0.4, 0.5) is 26.3 Å². The third-order valence-electron chi connectivity index (χ3n) is 2.19. The van der Waals surface area contributed by atoms with Gasteiger partial charge in [-0.05, 0) is 5.56 Å². The highest BCUT2D eigenvalue weighted by Gasteiger charge is 2.41. The second-order valence-corrected chi connectivity index (χ2v) is 3.96. The molecule has 1 rings (SSSR count). The predicted molar refractivity (Wildman–Crippen MR) is 56.8 cm³/mol. The van der Waals surface area contributed by atoms with E-state index in [4.69, 9.17) is 16.7 Å². The van der Waals surface area contributed by atoms with Crippen LogP contribution in [0.1, 0.15) is 16.7 Å². The van der Waals surface area contributed by atoms with Crippen molar-refractivity contribution < 1.29 is 41.0 Å². The molecule has 0 bridgehead atoms. The van der Waals surface area contributed by atoms with E-state index in [-0.39, 0.29) is 0 Å². The Bertz CT molecular complexity index is 543. The Labute approximate surface area is 118 Å². The Kier molecular flexibility index (Phi) is 4.92. The molecule has 4 nitrogen and oxygen atoms in total. The normalized spacial score (nSPS) is 12.3. The van der Waals surface area contributed by atoms with Crippen LogP contribution >= 0.6 is 11.6 Å². The summed E-state index contributed by atoms with van der Waals surface area (Å²) in [5, 5.41) is 8.58. The van der Waals surface area contributed by atoms with Crippen LogP contribution in [0.3, 0.4) is 0 Å².